The quantitative estimate of drug-likeness (QED) is 0.0745. The van der Waals surface area contributed by atoms with E-state index >= 15 is 0 Å². The molecule has 0 saturated carbocycles. The molecule has 0 spiro atoms. The summed E-state index contributed by atoms with van der Waals surface area (Å²) in [4.78, 5) is 78.4. The second-order valence-corrected chi connectivity index (χ2v) is 19.4. The van der Waals surface area contributed by atoms with Gasteiger partial charge in [0, 0.05) is 44.0 Å². The molecular weight excluding hydrogens is 893 g/mol. The van der Waals surface area contributed by atoms with Gasteiger partial charge in [0.05, 0.1) is 66.2 Å². The molecule has 3 atom stereocenters. The van der Waals surface area contributed by atoms with Gasteiger partial charge in [-0.2, -0.15) is 0 Å². The lowest BCUT2D eigenvalue weighted by molar-refractivity contribution is -0.144. The Hall–Kier alpha value is -6.25. The number of pyridine rings is 1. The molecule has 0 bridgehead atoms. The first-order chi connectivity index (χ1) is 32.3. The van der Waals surface area contributed by atoms with Crippen molar-refractivity contribution in [1.29, 1.82) is 0 Å². The van der Waals surface area contributed by atoms with E-state index in [1.807, 2.05) is 101 Å². The van der Waals surface area contributed by atoms with Crippen LogP contribution in [0.15, 0.2) is 78.6 Å². The van der Waals surface area contributed by atoms with Crippen LogP contribution >= 0.6 is 11.3 Å². The Morgan fingerprint density at radius 1 is 0.882 bits per heavy atom. The number of thiazole rings is 1. The van der Waals surface area contributed by atoms with Gasteiger partial charge in [-0.15, -0.1) is 11.3 Å². The number of aliphatic hydroxyl groups excluding tert-OH is 1. The van der Waals surface area contributed by atoms with Crippen molar-refractivity contribution >= 4 is 58.1 Å². The lowest BCUT2D eigenvalue weighted by Gasteiger charge is -2.35. The molecule has 5 aromatic rings. The Balaban J connectivity index is 0.882. The van der Waals surface area contributed by atoms with E-state index in [2.05, 4.69) is 25.9 Å². The summed E-state index contributed by atoms with van der Waals surface area (Å²) < 4.78 is 23.9. The topological polar surface area (TPSA) is 215 Å². The summed E-state index contributed by atoms with van der Waals surface area (Å²) >= 11 is 1.56. The maximum atomic E-state index is 13.9. The highest BCUT2D eigenvalue weighted by Crippen LogP contribution is 2.30. The van der Waals surface area contributed by atoms with Gasteiger partial charge in [0.25, 0.3) is 0 Å². The maximum absolute atomic E-state index is 13.9. The van der Waals surface area contributed by atoms with Crippen molar-refractivity contribution in [1.82, 2.24) is 29.9 Å². The molecule has 0 unspecified atom stereocenters. The fourth-order valence-corrected chi connectivity index (χ4v) is 8.23. The highest BCUT2D eigenvalue weighted by atomic mass is 32.1. The lowest BCUT2D eigenvalue weighted by atomic mass is 9.85. The number of anilines is 2. The van der Waals surface area contributed by atoms with E-state index < -0.39 is 47.1 Å². The van der Waals surface area contributed by atoms with E-state index in [4.69, 9.17) is 18.9 Å². The van der Waals surface area contributed by atoms with Crippen LogP contribution in [0.5, 0.6) is 0 Å². The summed E-state index contributed by atoms with van der Waals surface area (Å²) in [5.41, 5.74) is 6.71. The van der Waals surface area contributed by atoms with Gasteiger partial charge in [0.2, 0.25) is 23.6 Å². The molecule has 1 aliphatic heterocycles. The number of aromatic nitrogens is 3. The van der Waals surface area contributed by atoms with Crippen LogP contribution < -0.4 is 20.9 Å². The number of rotatable bonds is 19. The molecule has 1 aliphatic rings. The smallest absolute Gasteiger partial charge is 0.414 e. The second-order valence-electron chi connectivity index (χ2n) is 18.6. The number of carbonyl (C=O) groups excluding carboxylic acids is 5. The third-order valence-corrected chi connectivity index (χ3v) is 11.9. The first-order valence-corrected chi connectivity index (χ1v) is 23.3. The zero-order valence-electron chi connectivity index (χ0n) is 39.9. The van der Waals surface area contributed by atoms with Crippen molar-refractivity contribution in [3.8, 4) is 21.7 Å². The van der Waals surface area contributed by atoms with Gasteiger partial charge in [0.15, 0.2) is 0 Å². The van der Waals surface area contributed by atoms with Crippen molar-refractivity contribution in [2.75, 3.05) is 63.5 Å². The molecule has 3 aromatic heterocycles. The van der Waals surface area contributed by atoms with Crippen LogP contribution in [0.3, 0.4) is 0 Å². The molecule has 19 heteroatoms. The van der Waals surface area contributed by atoms with Crippen LogP contribution in [-0.2, 0) is 44.7 Å². The molecule has 0 aliphatic carbocycles. The molecule has 4 heterocycles. The number of imidazole rings is 1. The summed E-state index contributed by atoms with van der Waals surface area (Å²) in [5, 5.41) is 19.1. The average molecular weight is 955 g/mol. The number of benzene rings is 2. The van der Waals surface area contributed by atoms with Gasteiger partial charge in [-0.25, -0.2) is 14.8 Å². The van der Waals surface area contributed by atoms with E-state index in [1.165, 1.54) is 9.80 Å². The Bertz CT molecular complexity index is 2550. The van der Waals surface area contributed by atoms with Crippen LogP contribution in [0.1, 0.15) is 59.2 Å². The van der Waals surface area contributed by atoms with Crippen molar-refractivity contribution in [3.05, 3.63) is 89.8 Å². The van der Waals surface area contributed by atoms with Crippen LogP contribution in [0, 0.1) is 12.3 Å². The minimum Gasteiger partial charge on any atom is -0.443 e. The zero-order valence-corrected chi connectivity index (χ0v) is 40.7. The lowest BCUT2D eigenvalue weighted by Crippen LogP contribution is -2.58. The molecule has 1 fully saturated rings. The fourth-order valence-electron chi connectivity index (χ4n) is 7.42. The number of nitrogens with one attached hydrogen (secondary N) is 3. The van der Waals surface area contributed by atoms with Gasteiger partial charge >= 0.3 is 6.09 Å². The molecule has 68 heavy (non-hydrogen) atoms. The molecule has 1 saturated heterocycles. The SMILES string of the molecule is Cc1ncsc1-c1ccc(CNC(=O)[C@@H]2C[C@@H](O)CN2C(=O)[C@@H](NC(=O)COCCOCCOCC(=O)Nc2cccc(-c3cnc4ccc(N(C)C(=O)OC(C)(C)C)cn34)c2)C(C)(C)C)cc1. The third kappa shape index (κ3) is 13.9. The molecular formula is C49H62N8O10S. The number of nitrogens with zero attached hydrogens (tertiary/aromatic N) is 5. The van der Waals surface area contributed by atoms with Crippen LogP contribution in [0.25, 0.3) is 27.3 Å². The van der Waals surface area contributed by atoms with Crippen LogP contribution in [-0.4, -0.2) is 131 Å². The van der Waals surface area contributed by atoms with Gasteiger partial charge in [-0.05, 0) is 68.5 Å². The average Bonchev–Trinajstić information content (AvgIpc) is 4.03. The highest BCUT2D eigenvalue weighted by Gasteiger charge is 2.44. The molecule has 6 rings (SSSR count). The van der Waals surface area contributed by atoms with E-state index in [0.717, 1.165) is 33.0 Å². The molecule has 4 N–H and O–H groups in total. The monoisotopic (exact) mass is 954 g/mol. The second kappa shape index (κ2) is 22.7. The molecule has 2 aromatic carbocycles. The van der Waals surface area contributed by atoms with E-state index in [1.54, 1.807) is 48.4 Å². The fraction of sp³-hybridized carbons (Fsp3) is 0.449. The standard InChI is InChI=1S/C49H62N8O10S/c1-31-43(68-30-52-31)33-14-12-32(13-15-33)24-51-45(61)38-23-37(58)27-57(38)46(62)44(48(2,3)4)54-42(60)29-66-21-19-64-18-20-65-28-41(59)53-35-11-9-10-34(22-35)39-25-50-40-17-16-36(26-56(39)40)55(8)47(63)67-49(5,6)7/h9-17,22,25-26,30,37-38,44,58H,18-21,23-24,27-29H2,1-8H3,(H,51,61)(H,53,59)(H,54,60)/t37-,38+,44-/m1/s1. The number of ether oxygens (including phenoxy) is 4. The number of aliphatic hydroxyl groups is 1. The first-order valence-electron chi connectivity index (χ1n) is 22.4. The molecule has 364 valence electrons. The molecule has 0 radical (unpaired) electrons. The summed E-state index contributed by atoms with van der Waals surface area (Å²) in [6.07, 6.45) is 2.23. The number of aryl methyl sites for hydroxylation is 1. The van der Waals surface area contributed by atoms with Crippen LogP contribution in [0.2, 0.25) is 0 Å². The summed E-state index contributed by atoms with van der Waals surface area (Å²) in [5.74, 6) is -1.74. The number of hydrogen-bond donors (Lipinski definition) is 4. The number of fused-ring (bicyclic) bond motifs is 1. The minimum atomic E-state index is -0.997. The largest absolute Gasteiger partial charge is 0.443 e. The number of carbonyl (C=O) groups is 5. The van der Waals surface area contributed by atoms with Crippen molar-refractivity contribution < 1.29 is 48.0 Å². The minimum absolute atomic E-state index is 0.0376. The zero-order chi connectivity index (χ0) is 49.2. The first kappa shape index (κ1) is 51.1. The van der Waals surface area contributed by atoms with Gasteiger partial charge in [0.1, 0.15) is 36.5 Å². The van der Waals surface area contributed by atoms with Gasteiger partial charge in [-0.1, -0.05) is 57.2 Å². The number of hydrogen-bond acceptors (Lipinski definition) is 13. The van der Waals surface area contributed by atoms with E-state index in [9.17, 15) is 29.1 Å². The normalized spacial score (nSPS) is 15.5. The Kier molecular flexibility index (Phi) is 17.1. The van der Waals surface area contributed by atoms with Crippen molar-refractivity contribution in [3.63, 3.8) is 0 Å². The van der Waals surface area contributed by atoms with E-state index in [-0.39, 0.29) is 71.0 Å². The van der Waals surface area contributed by atoms with Crippen molar-refractivity contribution in [2.45, 2.75) is 85.2 Å². The Morgan fingerprint density at radius 2 is 1.57 bits per heavy atom. The number of amides is 5. The van der Waals surface area contributed by atoms with Gasteiger partial charge < -0.3 is 44.9 Å². The summed E-state index contributed by atoms with van der Waals surface area (Å²) in [6.45, 7) is 13.0. The summed E-state index contributed by atoms with van der Waals surface area (Å²) in [7, 11) is 1.64. The Morgan fingerprint density at radius 3 is 2.24 bits per heavy atom. The number of likely N-dealkylation sites (tertiary alicyclic amines) is 1. The molecule has 5 amide bonds. The highest BCUT2D eigenvalue weighted by molar-refractivity contribution is 7.13. The van der Waals surface area contributed by atoms with Crippen molar-refractivity contribution in [2.24, 2.45) is 5.41 Å². The number of β-amino-alcohol motifs (C(OH)–C–C–N with tert-alkyl or cyclic N) is 1. The Labute approximate surface area is 400 Å². The summed E-state index contributed by atoms with van der Waals surface area (Å²) in [6, 6.07) is 16.8. The predicted octanol–water partition coefficient (Wildman–Crippen LogP) is 5.60. The predicted molar refractivity (Wildman–Crippen MR) is 258 cm³/mol. The third-order valence-electron chi connectivity index (χ3n) is 10.9. The van der Waals surface area contributed by atoms with Gasteiger partial charge in [-0.3, -0.25) is 28.5 Å². The molecule has 18 nitrogen and oxygen atoms in total. The van der Waals surface area contributed by atoms with E-state index in [0.29, 0.717) is 17.0 Å². The maximum Gasteiger partial charge on any atom is 0.414 e. The van der Waals surface area contributed by atoms with Crippen LogP contribution in [0.4, 0.5) is 16.2 Å².